The first kappa shape index (κ1) is 17.0. The molecule has 0 amide bonds. The van der Waals surface area contributed by atoms with Gasteiger partial charge in [-0.05, 0) is 49.3 Å². The van der Waals surface area contributed by atoms with Crippen LogP contribution in [0.3, 0.4) is 0 Å². The maximum Gasteiger partial charge on any atom is 0.243 e. The van der Waals surface area contributed by atoms with Crippen molar-refractivity contribution < 1.29 is 8.42 Å². The Morgan fingerprint density at radius 1 is 1.14 bits per heavy atom. The summed E-state index contributed by atoms with van der Waals surface area (Å²) in [7, 11) is -1.64. The van der Waals surface area contributed by atoms with E-state index in [2.05, 4.69) is 22.9 Å². The Labute approximate surface area is 136 Å². The summed E-state index contributed by atoms with van der Waals surface area (Å²) in [5.74, 6) is 0.774. The minimum Gasteiger partial charge on any atom is -0.207 e. The van der Waals surface area contributed by atoms with Crippen molar-refractivity contribution in [1.29, 1.82) is 0 Å². The van der Waals surface area contributed by atoms with E-state index in [9.17, 15) is 8.42 Å². The van der Waals surface area contributed by atoms with Crippen LogP contribution in [0.2, 0.25) is 0 Å². The average molecular weight is 374 g/mol. The Morgan fingerprint density at radius 3 is 2.19 bits per heavy atom. The summed E-state index contributed by atoms with van der Waals surface area (Å²) in [5.41, 5.74) is 1.08. The quantitative estimate of drug-likeness (QED) is 0.726. The van der Waals surface area contributed by atoms with Crippen LogP contribution in [0.1, 0.15) is 44.6 Å². The molecule has 0 heterocycles. The fourth-order valence-electron chi connectivity index (χ4n) is 3.03. The normalized spacial score (nSPS) is 23.4. The predicted molar refractivity (Wildman–Crippen MR) is 90.1 cm³/mol. The molecule has 5 heteroatoms. The van der Waals surface area contributed by atoms with Crippen LogP contribution < -0.4 is 0 Å². The molecule has 2 rings (SSSR count). The highest BCUT2D eigenvalue weighted by atomic mass is 79.9. The van der Waals surface area contributed by atoms with E-state index in [1.165, 1.54) is 6.42 Å². The van der Waals surface area contributed by atoms with Gasteiger partial charge in [0, 0.05) is 18.4 Å². The van der Waals surface area contributed by atoms with Gasteiger partial charge in [-0.25, -0.2) is 8.42 Å². The van der Waals surface area contributed by atoms with Crippen LogP contribution in [0.25, 0.3) is 0 Å². The molecule has 0 aliphatic heterocycles. The van der Waals surface area contributed by atoms with Crippen molar-refractivity contribution in [2.45, 2.75) is 55.3 Å². The maximum atomic E-state index is 12.7. The fraction of sp³-hybridized carbons (Fsp3) is 0.625. The van der Waals surface area contributed by atoms with Crippen molar-refractivity contribution in [3.05, 3.63) is 29.8 Å². The molecule has 0 radical (unpaired) electrons. The zero-order valence-electron chi connectivity index (χ0n) is 12.8. The maximum absolute atomic E-state index is 12.7. The molecular formula is C16H24BrNO2S. The van der Waals surface area contributed by atoms with Crippen LogP contribution in [-0.2, 0) is 15.4 Å². The van der Waals surface area contributed by atoms with Gasteiger partial charge in [0.2, 0.25) is 10.0 Å². The summed E-state index contributed by atoms with van der Waals surface area (Å²) in [6.45, 7) is 2.22. The molecule has 1 aliphatic carbocycles. The molecule has 0 bridgehead atoms. The van der Waals surface area contributed by atoms with E-state index in [1.807, 2.05) is 12.1 Å². The number of rotatable bonds is 5. The second-order valence-corrected chi connectivity index (χ2v) is 8.44. The molecule has 21 heavy (non-hydrogen) atoms. The van der Waals surface area contributed by atoms with Gasteiger partial charge < -0.3 is 0 Å². The first-order chi connectivity index (χ1) is 9.98. The van der Waals surface area contributed by atoms with Crippen molar-refractivity contribution in [3.63, 3.8) is 0 Å². The number of benzene rings is 1. The van der Waals surface area contributed by atoms with Gasteiger partial charge in [-0.1, -0.05) is 41.4 Å². The molecule has 0 spiro atoms. The van der Waals surface area contributed by atoms with Gasteiger partial charge in [-0.2, -0.15) is 4.31 Å². The lowest BCUT2D eigenvalue weighted by molar-refractivity contribution is 0.233. The Morgan fingerprint density at radius 2 is 1.71 bits per heavy atom. The summed E-state index contributed by atoms with van der Waals surface area (Å²) < 4.78 is 27.0. The lowest BCUT2D eigenvalue weighted by atomic mass is 9.85. The van der Waals surface area contributed by atoms with Gasteiger partial charge >= 0.3 is 0 Å². The second kappa shape index (κ2) is 7.25. The molecule has 0 atom stereocenters. The minimum absolute atomic E-state index is 0.147. The molecule has 0 saturated heterocycles. The number of sulfonamides is 1. The number of hydrogen-bond donors (Lipinski definition) is 0. The Kier molecular flexibility index (Phi) is 5.86. The van der Waals surface area contributed by atoms with E-state index >= 15 is 0 Å². The highest BCUT2D eigenvalue weighted by molar-refractivity contribution is 9.08. The number of halogens is 1. The van der Waals surface area contributed by atoms with E-state index in [0.29, 0.717) is 4.90 Å². The third-order valence-electron chi connectivity index (χ3n) is 4.66. The van der Waals surface area contributed by atoms with Gasteiger partial charge in [0.25, 0.3) is 0 Å². The number of hydrogen-bond acceptors (Lipinski definition) is 2. The highest BCUT2D eigenvalue weighted by Crippen LogP contribution is 2.31. The zero-order valence-corrected chi connectivity index (χ0v) is 15.2. The molecule has 1 aromatic carbocycles. The van der Waals surface area contributed by atoms with Crippen molar-refractivity contribution in [1.82, 2.24) is 4.31 Å². The standard InChI is InChI=1S/C16H24BrNO2S/c1-3-13-4-8-15(9-5-13)18(2)21(19,20)16-10-6-14(12-17)7-11-16/h6-7,10-11,13,15H,3-5,8-9,12H2,1-2H3. The Hall–Kier alpha value is -0.390. The smallest absolute Gasteiger partial charge is 0.207 e. The predicted octanol–water partition coefficient (Wildman–Crippen LogP) is 4.17. The summed E-state index contributed by atoms with van der Waals surface area (Å²) in [6, 6.07) is 7.29. The second-order valence-electron chi connectivity index (χ2n) is 5.88. The van der Waals surface area contributed by atoms with Crippen molar-refractivity contribution >= 4 is 26.0 Å². The van der Waals surface area contributed by atoms with E-state index < -0.39 is 10.0 Å². The van der Waals surface area contributed by atoms with Crippen molar-refractivity contribution in [2.75, 3.05) is 7.05 Å². The topological polar surface area (TPSA) is 37.4 Å². The Bertz CT molecular complexity index is 548. The van der Waals surface area contributed by atoms with E-state index in [-0.39, 0.29) is 6.04 Å². The molecule has 0 N–H and O–H groups in total. The average Bonchev–Trinajstić information content (AvgIpc) is 2.54. The molecule has 0 aromatic heterocycles. The van der Waals surface area contributed by atoms with E-state index in [0.717, 1.165) is 42.5 Å². The lowest BCUT2D eigenvalue weighted by Crippen LogP contribution is -2.39. The number of nitrogens with zero attached hydrogens (tertiary/aromatic N) is 1. The van der Waals surface area contributed by atoms with Crippen LogP contribution in [0, 0.1) is 5.92 Å². The molecule has 1 fully saturated rings. The Balaban J connectivity index is 2.11. The van der Waals surface area contributed by atoms with Crippen molar-refractivity contribution in [3.8, 4) is 0 Å². The first-order valence-electron chi connectivity index (χ1n) is 7.62. The largest absolute Gasteiger partial charge is 0.243 e. The van der Waals surface area contributed by atoms with Crippen LogP contribution in [0.5, 0.6) is 0 Å². The van der Waals surface area contributed by atoms with Gasteiger partial charge in [0.05, 0.1) is 4.90 Å². The molecule has 1 aromatic rings. The molecule has 0 unspecified atom stereocenters. The molecule has 118 valence electrons. The molecular weight excluding hydrogens is 350 g/mol. The van der Waals surface area contributed by atoms with Gasteiger partial charge in [0.15, 0.2) is 0 Å². The van der Waals surface area contributed by atoms with Gasteiger partial charge in [0.1, 0.15) is 0 Å². The highest BCUT2D eigenvalue weighted by Gasteiger charge is 2.30. The summed E-state index contributed by atoms with van der Waals surface area (Å²) >= 11 is 3.38. The minimum atomic E-state index is -3.37. The molecule has 1 aliphatic rings. The molecule has 1 saturated carbocycles. The summed E-state index contributed by atoms with van der Waals surface area (Å²) in [5, 5.41) is 0.740. The van der Waals surface area contributed by atoms with Crippen LogP contribution >= 0.6 is 15.9 Å². The first-order valence-corrected chi connectivity index (χ1v) is 10.2. The third-order valence-corrected chi connectivity index (χ3v) is 7.23. The van der Waals surface area contributed by atoms with Gasteiger partial charge in [-0.15, -0.1) is 0 Å². The van der Waals surface area contributed by atoms with E-state index in [1.54, 1.807) is 23.5 Å². The van der Waals surface area contributed by atoms with E-state index in [4.69, 9.17) is 0 Å². The lowest BCUT2D eigenvalue weighted by Gasteiger charge is -2.33. The molecule has 3 nitrogen and oxygen atoms in total. The summed E-state index contributed by atoms with van der Waals surface area (Å²) in [6.07, 6.45) is 5.45. The fourth-order valence-corrected chi connectivity index (χ4v) is 4.82. The third kappa shape index (κ3) is 3.88. The monoisotopic (exact) mass is 373 g/mol. The van der Waals surface area contributed by atoms with Crippen LogP contribution in [-0.4, -0.2) is 25.8 Å². The van der Waals surface area contributed by atoms with Crippen LogP contribution in [0.4, 0.5) is 0 Å². The summed E-state index contributed by atoms with van der Waals surface area (Å²) in [4.78, 5) is 0.396. The SMILES string of the molecule is CCC1CCC(N(C)S(=O)(=O)c2ccc(CBr)cc2)CC1. The van der Waals surface area contributed by atoms with Crippen molar-refractivity contribution in [2.24, 2.45) is 5.92 Å². The number of alkyl halides is 1. The van der Waals surface area contributed by atoms with Crippen LogP contribution in [0.15, 0.2) is 29.2 Å². The zero-order chi connectivity index (χ0) is 15.5. The van der Waals surface area contributed by atoms with Gasteiger partial charge in [-0.3, -0.25) is 0 Å².